The highest BCUT2D eigenvalue weighted by atomic mass is 16.2. The van der Waals surface area contributed by atoms with Crippen molar-refractivity contribution in [1.82, 2.24) is 5.32 Å². The van der Waals surface area contributed by atoms with Crippen molar-refractivity contribution >= 4 is 17.5 Å². The highest BCUT2D eigenvalue weighted by molar-refractivity contribution is 5.90. The quantitative estimate of drug-likeness (QED) is 0.680. The molecule has 2 amide bonds. The normalized spacial score (nSPS) is 12.9. The predicted octanol–water partition coefficient (Wildman–Crippen LogP) is 3.38. The lowest BCUT2D eigenvalue weighted by molar-refractivity contribution is -0.125. The zero-order valence-corrected chi connectivity index (χ0v) is 15.4. The molecule has 2 rings (SSSR count). The predicted molar refractivity (Wildman–Crippen MR) is 104 cm³/mol. The number of nitrogens with two attached hydrogens (primary N) is 1. The molecule has 4 N–H and O–H groups in total. The zero-order valence-electron chi connectivity index (χ0n) is 15.4. The second kappa shape index (κ2) is 9.73. The SMILES string of the molecule is CCCC(=O)Nc1ccc(CNC(=O)C(C)C(N)c2ccccc2)cc1. The lowest BCUT2D eigenvalue weighted by atomic mass is 9.94. The summed E-state index contributed by atoms with van der Waals surface area (Å²) in [6, 6.07) is 16.7. The minimum absolute atomic E-state index is 0.0114. The highest BCUT2D eigenvalue weighted by Crippen LogP contribution is 2.19. The Labute approximate surface area is 155 Å². The molecule has 0 fully saturated rings. The maximum Gasteiger partial charge on any atom is 0.225 e. The summed E-state index contributed by atoms with van der Waals surface area (Å²) in [7, 11) is 0. The van der Waals surface area contributed by atoms with Crippen LogP contribution in [-0.4, -0.2) is 11.8 Å². The van der Waals surface area contributed by atoms with Gasteiger partial charge in [-0.2, -0.15) is 0 Å². The second-order valence-electron chi connectivity index (χ2n) is 6.44. The van der Waals surface area contributed by atoms with Gasteiger partial charge in [0.15, 0.2) is 0 Å². The summed E-state index contributed by atoms with van der Waals surface area (Å²) < 4.78 is 0. The fraction of sp³-hybridized carbons (Fsp3) is 0.333. The maximum absolute atomic E-state index is 12.4. The molecule has 2 unspecified atom stereocenters. The number of anilines is 1. The van der Waals surface area contributed by atoms with E-state index in [2.05, 4.69) is 10.6 Å². The summed E-state index contributed by atoms with van der Waals surface area (Å²) in [4.78, 5) is 24.0. The van der Waals surface area contributed by atoms with E-state index in [1.165, 1.54) is 0 Å². The Morgan fingerprint density at radius 1 is 1.04 bits per heavy atom. The van der Waals surface area contributed by atoms with Gasteiger partial charge in [-0.15, -0.1) is 0 Å². The van der Waals surface area contributed by atoms with Crippen molar-refractivity contribution in [1.29, 1.82) is 0 Å². The number of carbonyl (C=O) groups is 2. The summed E-state index contributed by atoms with van der Waals surface area (Å²) in [5.74, 6) is -0.399. The Balaban J connectivity index is 1.85. The fourth-order valence-corrected chi connectivity index (χ4v) is 2.63. The van der Waals surface area contributed by atoms with Gasteiger partial charge in [-0.05, 0) is 29.7 Å². The van der Waals surface area contributed by atoms with Gasteiger partial charge in [0.2, 0.25) is 11.8 Å². The first-order valence-electron chi connectivity index (χ1n) is 8.98. The molecule has 26 heavy (non-hydrogen) atoms. The molecule has 0 heterocycles. The zero-order chi connectivity index (χ0) is 18.9. The van der Waals surface area contributed by atoms with Gasteiger partial charge in [0.25, 0.3) is 0 Å². The molecule has 2 atom stereocenters. The summed E-state index contributed by atoms with van der Waals surface area (Å²) >= 11 is 0. The number of nitrogens with one attached hydrogen (secondary N) is 2. The minimum Gasteiger partial charge on any atom is -0.352 e. The summed E-state index contributed by atoms with van der Waals surface area (Å²) in [6.07, 6.45) is 1.33. The molecule has 2 aromatic rings. The van der Waals surface area contributed by atoms with Crippen molar-refractivity contribution in [2.45, 2.75) is 39.3 Å². The molecule has 5 nitrogen and oxygen atoms in total. The van der Waals surface area contributed by atoms with E-state index in [1.54, 1.807) is 0 Å². The standard InChI is InChI=1S/C21H27N3O2/c1-3-7-19(25)24-18-12-10-16(11-13-18)14-23-21(26)15(2)20(22)17-8-5-4-6-9-17/h4-6,8-13,15,20H,3,7,14,22H2,1-2H3,(H,23,26)(H,24,25). The average Bonchev–Trinajstić information content (AvgIpc) is 2.67. The third-order valence-electron chi connectivity index (χ3n) is 4.32. The van der Waals surface area contributed by atoms with Crippen molar-refractivity contribution in [3.8, 4) is 0 Å². The molecule has 2 aromatic carbocycles. The Kier molecular flexibility index (Phi) is 7.36. The number of carbonyl (C=O) groups excluding carboxylic acids is 2. The van der Waals surface area contributed by atoms with Gasteiger partial charge in [0, 0.05) is 24.7 Å². The van der Waals surface area contributed by atoms with Crippen LogP contribution in [0, 0.1) is 5.92 Å². The van der Waals surface area contributed by atoms with E-state index >= 15 is 0 Å². The fourth-order valence-electron chi connectivity index (χ4n) is 2.63. The molecule has 0 saturated heterocycles. The van der Waals surface area contributed by atoms with Crippen LogP contribution in [-0.2, 0) is 16.1 Å². The van der Waals surface area contributed by atoms with Crippen LogP contribution in [0.4, 0.5) is 5.69 Å². The Morgan fingerprint density at radius 3 is 2.31 bits per heavy atom. The number of amides is 2. The van der Waals surface area contributed by atoms with Gasteiger partial charge >= 0.3 is 0 Å². The summed E-state index contributed by atoms with van der Waals surface area (Å²) in [5.41, 5.74) is 8.87. The summed E-state index contributed by atoms with van der Waals surface area (Å²) in [6.45, 7) is 4.23. The van der Waals surface area contributed by atoms with Gasteiger partial charge in [0.1, 0.15) is 0 Å². The van der Waals surface area contributed by atoms with Crippen molar-refractivity contribution in [2.24, 2.45) is 11.7 Å². The van der Waals surface area contributed by atoms with Crippen LogP contribution in [0.3, 0.4) is 0 Å². The largest absolute Gasteiger partial charge is 0.352 e. The van der Waals surface area contributed by atoms with E-state index in [0.717, 1.165) is 23.2 Å². The number of benzene rings is 2. The monoisotopic (exact) mass is 353 g/mol. The molecule has 0 bridgehead atoms. The molecular formula is C21H27N3O2. The maximum atomic E-state index is 12.4. The minimum atomic E-state index is -0.340. The van der Waals surface area contributed by atoms with Crippen LogP contribution in [0.5, 0.6) is 0 Å². The van der Waals surface area contributed by atoms with E-state index < -0.39 is 0 Å². The Morgan fingerprint density at radius 2 is 1.69 bits per heavy atom. The smallest absolute Gasteiger partial charge is 0.225 e. The van der Waals surface area contributed by atoms with Crippen LogP contribution in [0.15, 0.2) is 54.6 Å². The van der Waals surface area contributed by atoms with E-state index in [1.807, 2.05) is 68.4 Å². The average molecular weight is 353 g/mol. The third-order valence-corrected chi connectivity index (χ3v) is 4.32. The van der Waals surface area contributed by atoms with Gasteiger partial charge < -0.3 is 16.4 Å². The third kappa shape index (κ3) is 5.70. The molecule has 0 aliphatic heterocycles. The molecule has 138 valence electrons. The van der Waals surface area contributed by atoms with Gasteiger partial charge in [-0.25, -0.2) is 0 Å². The van der Waals surface area contributed by atoms with Crippen LogP contribution in [0.1, 0.15) is 43.9 Å². The summed E-state index contributed by atoms with van der Waals surface area (Å²) in [5, 5.41) is 5.77. The van der Waals surface area contributed by atoms with Crippen molar-refractivity contribution in [3.63, 3.8) is 0 Å². The molecule has 0 saturated carbocycles. The lowest BCUT2D eigenvalue weighted by Gasteiger charge is -2.20. The van der Waals surface area contributed by atoms with E-state index in [0.29, 0.717) is 13.0 Å². The van der Waals surface area contributed by atoms with E-state index in [9.17, 15) is 9.59 Å². The van der Waals surface area contributed by atoms with Gasteiger partial charge in [0.05, 0.1) is 5.92 Å². The van der Waals surface area contributed by atoms with Crippen LogP contribution in [0.2, 0.25) is 0 Å². The van der Waals surface area contributed by atoms with Crippen LogP contribution >= 0.6 is 0 Å². The molecule has 5 heteroatoms. The van der Waals surface area contributed by atoms with Crippen molar-refractivity contribution < 1.29 is 9.59 Å². The van der Waals surface area contributed by atoms with Gasteiger partial charge in [-0.1, -0.05) is 56.3 Å². The molecular weight excluding hydrogens is 326 g/mol. The first-order chi connectivity index (χ1) is 12.5. The molecule has 0 spiro atoms. The number of hydrogen-bond acceptors (Lipinski definition) is 3. The first kappa shape index (κ1) is 19.7. The van der Waals surface area contributed by atoms with Crippen molar-refractivity contribution in [2.75, 3.05) is 5.32 Å². The molecule has 0 aliphatic rings. The first-order valence-corrected chi connectivity index (χ1v) is 8.98. The van der Waals surface area contributed by atoms with Crippen LogP contribution in [0.25, 0.3) is 0 Å². The topological polar surface area (TPSA) is 84.2 Å². The molecule has 0 radical (unpaired) electrons. The van der Waals surface area contributed by atoms with Gasteiger partial charge in [-0.3, -0.25) is 9.59 Å². The van der Waals surface area contributed by atoms with Crippen molar-refractivity contribution in [3.05, 3.63) is 65.7 Å². The van der Waals surface area contributed by atoms with E-state index in [-0.39, 0.29) is 23.8 Å². The second-order valence-corrected chi connectivity index (χ2v) is 6.44. The van der Waals surface area contributed by atoms with E-state index in [4.69, 9.17) is 5.73 Å². The Hall–Kier alpha value is -2.66. The number of rotatable bonds is 8. The molecule has 0 aliphatic carbocycles. The highest BCUT2D eigenvalue weighted by Gasteiger charge is 2.21. The van der Waals surface area contributed by atoms with Crippen LogP contribution < -0.4 is 16.4 Å². The molecule has 0 aromatic heterocycles. The number of hydrogen-bond donors (Lipinski definition) is 3. The Bertz CT molecular complexity index is 714. The lowest BCUT2D eigenvalue weighted by Crippen LogP contribution is -2.35.